The normalized spacial score (nSPS) is 11.3. The number of hydrogen-bond donors (Lipinski definition) is 1. The second kappa shape index (κ2) is 8.05. The van der Waals surface area contributed by atoms with Crippen LogP contribution in [0, 0.1) is 0 Å². The van der Waals surface area contributed by atoms with Crippen molar-refractivity contribution in [3.05, 3.63) is 95.6 Å². The van der Waals surface area contributed by atoms with Crippen molar-refractivity contribution in [2.24, 2.45) is 5.10 Å². The minimum atomic E-state index is -0.120. The van der Waals surface area contributed by atoms with Crippen molar-refractivity contribution in [1.29, 1.82) is 0 Å². The van der Waals surface area contributed by atoms with Crippen molar-refractivity contribution in [2.45, 2.75) is 19.8 Å². The second-order valence-electron chi connectivity index (χ2n) is 6.87. The summed E-state index contributed by atoms with van der Waals surface area (Å²) >= 11 is 0. The Morgan fingerprint density at radius 3 is 2.04 bits per heavy atom. The van der Waals surface area contributed by atoms with E-state index in [9.17, 15) is 4.79 Å². The van der Waals surface area contributed by atoms with Gasteiger partial charge in [0.2, 0.25) is 5.91 Å². The van der Waals surface area contributed by atoms with Gasteiger partial charge in [0, 0.05) is 5.56 Å². The summed E-state index contributed by atoms with van der Waals surface area (Å²) in [4.78, 5) is 12.3. The van der Waals surface area contributed by atoms with E-state index in [2.05, 4.69) is 59.9 Å². The monoisotopic (exact) mass is 366 g/mol. The van der Waals surface area contributed by atoms with Gasteiger partial charge in [-0.1, -0.05) is 79.7 Å². The Morgan fingerprint density at radius 2 is 1.43 bits per heavy atom. The molecule has 1 N–H and O–H groups in total. The molecule has 0 saturated carbocycles. The molecule has 28 heavy (non-hydrogen) atoms. The van der Waals surface area contributed by atoms with Gasteiger partial charge in [-0.2, -0.15) is 5.10 Å². The largest absolute Gasteiger partial charge is 0.273 e. The van der Waals surface area contributed by atoms with Crippen molar-refractivity contribution in [3.8, 4) is 0 Å². The zero-order valence-electron chi connectivity index (χ0n) is 15.9. The molecule has 0 spiro atoms. The van der Waals surface area contributed by atoms with Gasteiger partial charge in [-0.05, 0) is 45.2 Å². The van der Waals surface area contributed by atoms with Gasteiger partial charge in [0.25, 0.3) is 0 Å². The highest BCUT2D eigenvalue weighted by Crippen LogP contribution is 2.27. The van der Waals surface area contributed by atoms with Crippen molar-refractivity contribution in [2.75, 3.05) is 0 Å². The van der Waals surface area contributed by atoms with E-state index >= 15 is 0 Å². The maximum atomic E-state index is 12.3. The lowest BCUT2D eigenvalue weighted by Crippen LogP contribution is -2.19. The van der Waals surface area contributed by atoms with Crippen LogP contribution >= 0.6 is 0 Å². The average Bonchev–Trinajstić information content (AvgIpc) is 2.74. The molecule has 3 heteroatoms. The van der Waals surface area contributed by atoms with Crippen molar-refractivity contribution < 1.29 is 4.79 Å². The molecular formula is C25H22N2O. The standard InChI is InChI=1S/C25H22N2O/c1-2-18-11-13-19(14-12-18)15-25(28)27-26-17-24-22-9-5-3-7-20(22)16-21-8-4-6-10-23(21)24/h3-14,16-17H,2,15H2,1H3,(H,27,28)/b26-17-. The molecule has 1 amide bonds. The predicted octanol–water partition coefficient (Wildman–Crippen LogP) is 5.25. The first-order valence-electron chi connectivity index (χ1n) is 9.55. The predicted molar refractivity (Wildman–Crippen MR) is 117 cm³/mol. The maximum Gasteiger partial charge on any atom is 0.244 e. The lowest BCUT2D eigenvalue weighted by Gasteiger charge is -2.08. The molecule has 0 aromatic heterocycles. The van der Waals surface area contributed by atoms with Gasteiger partial charge in [-0.25, -0.2) is 5.43 Å². The molecule has 0 fully saturated rings. The summed E-state index contributed by atoms with van der Waals surface area (Å²) < 4.78 is 0. The Morgan fingerprint density at radius 1 is 0.857 bits per heavy atom. The van der Waals surface area contributed by atoms with Crippen molar-refractivity contribution in [3.63, 3.8) is 0 Å². The fourth-order valence-corrected chi connectivity index (χ4v) is 3.47. The molecule has 0 bridgehead atoms. The first kappa shape index (κ1) is 17.9. The van der Waals surface area contributed by atoms with Gasteiger partial charge in [-0.15, -0.1) is 0 Å². The fourth-order valence-electron chi connectivity index (χ4n) is 3.47. The molecule has 138 valence electrons. The summed E-state index contributed by atoms with van der Waals surface area (Å²) in [6, 6.07) is 26.8. The van der Waals surface area contributed by atoms with E-state index in [-0.39, 0.29) is 5.91 Å². The number of amides is 1. The Bertz CT molecular complexity index is 1110. The van der Waals surface area contributed by atoms with Crippen LogP contribution in [0.5, 0.6) is 0 Å². The highest BCUT2D eigenvalue weighted by molar-refractivity contribution is 6.13. The summed E-state index contributed by atoms with van der Waals surface area (Å²) in [5.74, 6) is -0.120. The number of nitrogens with one attached hydrogen (secondary N) is 1. The molecule has 0 atom stereocenters. The zero-order chi connectivity index (χ0) is 19.3. The SMILES string of the molecule is CCc1ccc(CC(=O)N/N=C\c2c3ccccc3cc3ccccc23)cc1. The number of rotatable bonds is 5. The molecular weight excluding hydrogens is 344 g/mol. The summed E-state index contributed by atoms with van der Waals surface area (Å²) in [5, 5.41) is 8.80. The van der Waals surface area contributed by atoms with Gasteiger partial charge in [-0.3, -0.25) is 4.79 Å². The molecule has 4 aromatic carbocycles. The van der Waals surface area contributed by atoms with E-state index in [0.717, 1.165) is 39.1 Å². The summed E-state index contributed by atoms with van der Waals surface area (Å²) in [7, 11) is 0. The highest BCUT2D eigenvalue weighted by Gasteiger charge is 2.06. The number of benzene rings is 4. The number of hydrogen-bond acceptors (Lipinski definition) is 2. The van der Waals surface area contributed by atoms with Gasteiger partial charge >= 0.3 is 0 Å². The quantitative estimate of drug-likeness (QED) is 0.293. The number of carbonyl (C=O) groups is 1. The van der Waals surface area contributed by atoms with E-state index in [1.54, 1.807) is 6.21 Å². The van der Waals surface area contributed by atoms with Crippen LogP contribution < -0.4 is 5.43 Å². The maximum absolute atomic E-state index is 12.3. The Hall–Kier alpha value is -3.46. The highest BCUT2D eigenvalue weighted by atomic mass is 16.2. The van der Waals surface area contributed by atoms with E-state index in [0.29, 0.717) is 6.42 Å². The van der Waals surface area contributed by atoms with E-state index in [1.165, 1.54) is 5.56 Å². The number of carbonyl (C=O) groups excluding carboxylic acids is 1. The van der Waals surface area contributed by atoms with E-state index in [1.807, 2.05) is 36.4 Å². The number of nitrogens with zero attached hydrogens (tertiary/aromatic N) is 1. The van der Waals surface area contributed by atoms with E-state index < -0.39 is 0 Å². The smallest absolute Gasteiger partial charge is 0.244 e. The van der Waals surface area contributed by atoms with Crippen LogP contribution in [0.15, 0.2) is 84.0 Å². The van der Waals surface area contributed by atoms with Crippen LogP contribution in [-0.4, -0.2) is 12.1 Å². The second-order valence-corrected chi connectivity index (χ2v) is 6.87. The first-order chi connectivity index (χ1) is 13.7. The molecule has 0 aliphatic carbocycles. The third-order valence-corrected chi connectivity index (χ3v) is 4.99. The van der Waals surface area contributed by atoms with Crippen LogP contribution in [0.25, 0.3) is 21.5 Å². The lowest BCUT2D eigenvalue weighted by atomic mass is 9.97. The van der Waals surface area contributed by atoms with Crippen LogP contribution in [0.2, 0.25) is 0 Å². The lowest BCUT2D eigenvalue weighted by molar-refractivity contribution is -0.120. The van der Waals surface area contributed by atoms with Crippen molar-refractivity contribution >= 4 is 33.7 Å². The van der Waals surface area contributed by atoms with Gasteiger partial charge in [0.15, 0.2) is 0 Å². The number of fused-ring (bicyclic) bond motifs is 2. The third kappa shape index (κ3) is 3.79. The molecule has 0 saturated heterocycles. The van der Waals surface area contributed by atoms with Gasteiger partial charge < -0.3 is 0 Å². The minimum absolute atomic E-state index is 0.120. The summed E-state index contributed by atoms with van der Waals surface area (Å²) in [6.07, 6.45) is 3.07. The molecule has 4 rings (SSSR count). The zero-order valence-corrected chi connectivity index (χ0v) is 15.9. The Balaban J connectivity index is 1.56. The summed E-state index contributed by atoms with van der Waals surface area (Å²) in [5.41, 5.74) is 5.94. The number of aryl methyl sites for hydroxylation is 1. The third-order valence-electron chi connectivity index (χ3n) is 4.99. The van der Waals surface area contributed by atoms with Crippen LogP contribution in [-0.2, 0) is 17.6 Å². The molecule has 0 aliphatic heterocycles. The molecule has 0 radical (unpaired) electrons. The van der Waals surface area contributed by atoms with Gasteiger partial charge in [0.1, 0.15) is 0 Å². The topological polar surface area (TPSA) is 41.5 Å². The van der Waals surface area contributed by atoms with E-state index in [4.69, 9.17) is 0 Å². The Labute approximate surface area is 164 Å². The average molecular weight is 366 g/mol. The molecule has 0 heterocycles. The first-order valence-corrected chi connectivity index (χ1v) is 9.55. The fraction of sp³-hybridized carbons (Fsp3) is 0.120. The molecule has 0 aliphatic rings. The van der Waals surface area contributed by atoms with Gasteiger partial charge in [0.05, 0.1) is 12.6 Å². The van der Waals surface area contributed by atoms with Crippen molar-refractivity contribution in [1.82, 2.24) is 5.43 Å². The Kier molecular flexibility index (Phi) is 5.16. The molecule has 3 nitrogen and oxygen atoms in total. The number of hydrazone groups is 1. The van der Waals surface area contributed by atoms with Crippen LogP contribution in [0.1, 0.15) is 23.6 Å². The molecule has 0 unspecified atom stereocenters. The molecule has 4 aromatic rings. The van der Waals surface area contributed by atoms with Crippen LogP contribution in [0.3, 0.4) is 0 Å². The summed E-state index contributed by atoms with van der Waals surface area (Å²) in [6.45, 7) is 2.12. The van der Waals surface area contributed by atoms with Crippen LogP contribution in [0.4, 0.5) is 0 Å². The minimum Gasteiger partial charge on any atom is -0.273 e.